The van der Waals surface area contributed by atoms with E-state index < -0.39 is 0 Å². The van der Waals surface area contributed by atoms with E-state index in [2.05, 4.69) is 15.5 Å². The highest BCUT2D eigenvalue weighted by atomic mass is 35.5. The first-order valence-corrected chi connectivity index (χ1v) is 8.67. The summed E-state index contributed by atoms with van der Waals surface area (Å²) in [4.78, 5) is 21.3. The van der Waals surface area contributed by atoms with Crippen LogP contribution in [-0.2, 0) is 4.84 Å². The molecule has 27 heavy (non-hydrogen) atoms. The van der Waals surface area contributed by atoms with Crippen molar-refractivity contribution in [2.24, 2.45) is 5.16 Å². The number of anilines is 1. The highest BCUT2D eigenvalue weighted by Gasteiger charge is 2.13. The van der Waals surface area contributed by atoms with Crippen LogP contribution in [-0.4, -0.2) is 23.7 Å². The molecule has 0 aliphatic carbocycles. The molecule has 0 saturated heterocycles. The van der Waals surface area contributed by atoms with Crippen molar-refractivity contribution < 1.29 is 9.63 Å². The maximum absolute atomic E-state index is 12.6. The van der Waals surface area contributed by atoms with Gasteiger partial charge in [-0.1, -0.05) is 59.2 Å². The van der Waals surface area contributed by atoms with E-state index in [9.17, 15) is 4.79 Å². The van der Waals surface area contributed by atoms with Crippen molar-refractivity contribution in [3.8, 4) is 11.1 Å². The summed E-state index contributed by atoms with van der Waals surface area (Å²) >= 11 is 6.02. The summed E-state index contributed by atoms with van der Waals surface area (Å²) in [5, 5.41) is 7.02. The van der Waals surface area contributed by atoms with E-state index >= 15 is 0 Å². The molecule has 1 heterocycles. The zero-order valence-electron chi connectivity index (χ0n) is 14.9. The van der Waals surface area contributed by atoms with Crippen molar-refractivity contribution in [2.75, 3.05) is 12.4 Å². The standard InChI is InChI=1S/C21H18ClN3O2/c1-14(25-27-2)15-9-11-16(12-10-15)17-6-3-4-8-19(17)24-21(26)18-7-5-13-23-20(18)22/h3-13H,1-2H3,(H,24,26)/b25-14-. The van der Waals surface area contributed by atoms with Gasteiger partial charge in [-0.25, -0.2) is 4.98 Å². The third-order valence-corrected chi connectivity index (χ3v) is 4.32. The fourth-order valence-corrected chi connectivity index (χ4v) is 2.87. The minimum atomic E-state index is -0.305. The van der Waals surface area contributed by atoms with E-state index in [0.717, 1.165) is 22.4 Å². The summed E-state index contributed by atoms with van der Waals surface area (Å²) in [6.45, 7) is 1.88. The van der Waals surface area contributed by atoms with E-state index in [1.165, 1.54) is 7.11 Å². The van der Waals surface area contributed by atoms with E-state index in [0.29, 0.717) is 11.3 Å². The van der Waals surface area contributed by atoms with Gasteiger partial charge in [-0.3, -0.25) is 4.79 Å². The smallest absolute Gasteiger partial charge is 0.258 e. The zero-order valence-corrected chi connectivity index (χ0v) is 15.7. The number of amides is 1. The number of benzene rings is 2. The lowest BCUT2D eigenvalue weighted by Crippen LogP contribution is -2.13. The molecule has 1 aromatic heterocycles. The van der Waals surface area contributed by atoms with Crippen molar-refractivity contribution in [2.45, 2.75) is 6.92 Å². The SMILES string of the molecule is CO/N=C(/C)c1ccc(-c2ccccc2NC(=O)c2cccnc2Cl)cc1. The van der Waals surface area contributed by atoms with Crippen LogP contribution in [0.3, 0.4) is 0 Å². The van der Waals surface area contributed by atoms with E-state index in [-0.39, 0.29) is 11.1 Å². The zero-order chi connectivity index (χ0) is 19.2. The Kier molecular flexibility index (Phi) is 5.84. The van der Waals surface area contributed by atoms with Gasteiger partial charge in [0, 0.05) is 17.4 Å². The Labute approximate surface area is 162 Å². The lowest BCUT2D eigenvalue weighted by molar-refractivity contribution is 0.102. The fraction of sp³-hybridized carbons (Fsp3) is 0.0952. The van der Waals surface area contributed by atoms with Crippen molar-refractivity contribution in [1.29, 1.82) is 0 Å². The number of aromatic nitrogens is 1. The second-order valence-electron chi connectivity index (χ2n) is 5.78. The molecule has 0 saturated carbocycles. The van der Waals surface area contributed by atoms with Crippen molar-refractivity contribution >= 4 is 28.9 Å². The molecule has 3 rings (SSSR count). The lowest BCUT2D eigenvalue weighted by atomic mass is 10.0. The second kappa shape index (κ2) is 8.47. The Hall–Kier alpha value is -3.18. The molecule has 1 N–H and O–H groups in total. The Bertz CT molecular complexity index is 985. The van der Waals surface area contributed by atoms with Gasteiger partial charge in [-0.2, -0.15) is 0 Å². The quantitative estimate of drug-likeness (QED) is 0.384. The summed E-state index contributed by atoms with van der Waals surface area (Å²) < 4.78 is 0. The fourth-order valence-electron chi connectivity index (χ4n) is 2.67. The Morgan fingerprint density at radius 1 is 1.07 bits per heavy atom. The largest absolute Gasteiger partial charge is 0.399 e. The van der Waals surface area contributed by atoms with E-state index in [4.69, 9.17) is 16.4 Å². The third kappa shape index (κ3) is 4.33. The number of carbonyl (C=O) groups is 1. The van der Waals surface area contributed by atoms with Gasteiger partial charge in [0.1, 0.15) is 12.3 Å². The average Bonchev–Trinajstić information content (AvgIpc) is 2.69. The molecule has 3 aromatic rings. The van der Waals surface area contributed by atoms with Gasteiger partial charge in [-0.15, -0.1) is 0 Å². The highest BCUT2D eigenvalue weighted by Crippen LogP contribution is 2.29. The van der Waals surface area contributed by atoms with Crippen LogP contribution < -0.4 is 5.32 Å². The van der Waals surface area contributed by atoms with E-state index in [1.807, 2.05) is 55.5 Å². The minimum Gasteiger partial charge on any atom is -0.399 e. The number of nitrogens with one attached hydrogen (secondary N) is 1. The van der Waals surface area contributed by atoms with Gasteiger partial charge in [0.15, 0.2) is 0 Å². The predicted molar refractivity (Wildman–Crippen MR) is 108 cm³/mol. The first kappa shape index (κ1) is 18.6. The van der Waals surface area contributed by atoms with Crippen LogP contribution in [0.2, 0.25) is 5.15 Å². The maximum Gasteiger partial charge on any atom is 0.258 e. The first-order chi connectivity index (χ1) is 13.1. The minimum absolute atomic E-state index is 0.171. The van der Waals surface area contributed by atoms with Crippen LogP contribution in [0.25, 0.3) is 11.1 Å². The average molecular weight is 380 g/mol. The highest BCUT2D eigenvalue weighted by molar-refractivity contribution is 6.33. The predicted octanol–water partition coefficient (Wildman–Crippen LogP) is 5.02. The molecule has 0 bridgehead atoms. The number of hydrogen-bond donors (Lipinski definition) is 1. The molecule has 6 heteroatoms. The number of hydrogen-bond acceptors (Lipinski definition) is 4. The number of nitrogens with zero attached hydrogens (tertiary/aromatic N) is 2. The van der Waals surface area contributed by atoms with Gasteiger partial charge in [0.2, 0.25) is 0 Å². The Balaban J connectivity index is 1.89. The van der Waals surface area contributed by atoms with Crippen LogP contribution >= 0.6 is 11.6 Å². The van der Waals surface area contributed by atoms with E-state index in [1.54, 1.807) is 18.3 Å². The molecule has 136 valence electrons. The van der Waals surface area contributed by atoms with Crippen LogP contribution in [0.15, 0.2) is 72.0 Å². The first-order valence-electron chi connectivity index (χ1n) is 8.29. The molecule has 0 atom stereocenters. The molecule has 5 nitrogen and oxygen atoms in total. The topological polar surface area (TPSA) is 63.6 Å². The van der Waals surface area contributed by atoms with Crippen LogP contribution in [0.5, 0.6) is 0 Å². The molecular formula is C21H18ClN3O2. The Morgan fingerprint density at radius 2 is 1.81 bits per heavy atom. The normalized spacial score (nSPS) is 11.1. The van der Waals surface area contributed by atoms with Crippen molar-refractivity contribution in [3.63, 3.8) is 0 Å². The number of halogens is 1. The van der Waals surface area contributed by atoms with Gasteiger partial charge in [-0.05, 0) is 36.2 Å². The molecule has 0 radical (unpaired) electrons. The van der Waals surface area contributed by atoms with Crippen LogP contribution in [0.4, 0.5) is 5.69 Å². The van der Waals surface area contributed by atoms with Gasteiger partial charge in [0.05, 0.1) is 11.3 Å². The molecule has 2 aromatic carbocycles. The van der Waals surface area contributed by atoms with Crippen LogP contribution in [0.1, 0.15) is 22.8 Å². The summed E-state index contributed by atoms with van der Waals surface area (Å²) in [5.74, 6) is -0.305. The molecule has 0 aliphatic rings. The molecule has 1 amide bonds. The number of carbonyl (C=O) groups excluding carboxylic acids is 1. The number of rotatable bonds is 5. The summed E-state index contributed by atoms with van der Waals surface area (Å²) in [6.07, 6.45) is 1.55. The third-order valence-electron chi connectivity index (χ3n) is 4.02. The van der Waals surface area contributed by atoms with Gasteiger partial charge < -0.3 is 10.2 Å². The van der Waals surface area contributed by atoms with Gasteiger partial charge >= 0.3 is 0 Å². The monoisotopic (exact) mass is 379 g/mol. The Morgan fingerprint density at radius 3 is 2.52 bits per heavy atom. The maximum atomic E-state index is 12.6. The molecule has 0 unspecified atom stereocenters. The lowest BCUT2D eigenvalue weighted by Gasteiger charge is -2.12. The second-order valence-corrected chi connectivity index (χ2v) is 6.14. The van der Waals surface area contributed by atoms with Crippen molar-refractivity contribution in [1.82, 2.24) is 4.98 Å². The van der Waals surface area contributed by atoms with Crippen LogP contribution in [0, 0.1) is 0 Å². The number of para-hydroxylation sites is 1. The molecule has 0 spiro atoms. The summed E-state index contributed by atoms with van der Waals surface area (Å²) in [6, 6.07) is 18.8. The summed E-state index contributed by atoms with van der Waals surface area (Å²) in [5.41, 5.74) is 4.64. The number of oxime groups is 1. The van der Waals surface area contributed by atoms with Crippen molar-refractivity contribution in [3.05, 3.63) is 83.1 Å². The molecule has 0 fully saturated rings. The number of pyridine rings is 1. The summed E-state index contributed by atoms with van der Waals surface area (Å²) in [7, 11) is 1.52. The molecular weight excluding hydrogens is 362 g/mol. The molecule has 0 aliphatic heterocycles. The van der Waals surface area contributed by atoms with Gasteiger partial charge in [0.25, 0.3) is 5.91 Å².